The minimum Gasteiger partial charge on any atom is -0.492 e. The quantitative estimate of drug-likeness (QED) is 0.469. The van der Waals surface area contributed by atoms with E-state index in [1.165, 1.54) is 11.1 Å². The number of rotatable bonds is 10. The summed E-state index contributed by atoms with van der Waals surface area (Å²) in [5.74, 6) is 2.40. The van der Waals surface area contributed by atoms with Gasteiger partial charge < -0.3 is 24.6 Å². The van der Waals surface area contributed by atoms with Gasteiger partial charge in [-0.25, -0.2) is 0 Å². The van der Waals surface area contributed by atoms with Crippen LogP contribution in [0, 0.1) is 5.92 Å². The van der Waals surface area contributed by atoms with Crippen LogP contribution in [0.2, 0.25) is 0 Å². The van der Waals surface area contributed by atoms with Crippen LogP contribution in [0.3, 0.4) is 0 Å². The minimum atomic E-state index is 0.538. The van der Waals surface area contributed by atoms with Crippen LogP contribution >= 0.6 is 0 Å². The summed E-state index contributed by atoms with van der Waals surface area (Å²) in [5, 5.41) is 3.50. The van der Waals surface area contributed by atoms with E-state index in [-0.39, 0.29) is 0 Å². The van der Waals surface area contributed by atoms with E-state index in [0.717, 1.165) is 50.9 Å². The molecule has 0 aromatic heterocycles. The van der Waals surface area contributed by atoms with Gasteiger partial charge >= 0.3 is 0 Å². The van der Waals surface area contributed by atoms with Crippen LogP contribution in [0.25, 0.3) is 0 Å². The highest BCUT2D eigenvalue weighted by Gasteiger charge is 2.25. The third-order valence-corrected chi connectivity index (χ3v) is 5.42. The maximum atomic E-state index is 5.95. The maximum Gasteiger partial charge on any atom is 0.193 e. The van der Waals surface area contributed by atoms with Crippen molar-refractivity contribution >= 4 is 5.96 Å². The fourth-order valence-electron chi connectivity index (χ4n) is 3.68. The lowest BCUT2D eigenvalue weighted by Gasteiger charge is -2.22. The molecule has 31 heavy (non-hydrogen) atoms. The van der Waals surface area contributed by atoms with E-state index in [1.807, 2.05) is 39.3 Å². The smallest absolute Gasteiger partial charge is 0.193 e. The van der Waals surface area contributed by atoms with Crippen LogP contribution in [-0.4, -0.2) is 69.8 Å². The average molecular weight is 425 g/mol. The average Bonchev–Trinajstić information content (AvgIpc) is 3.24. The van der Waals surface area contributed by atoms with Crippen LogP contribution in [0.15, 0.2) is 59.6 Å². The van der Waals surface area contributed by atoms with Crippen molar-refractivity contribution in [3.63, 3.8) is 0 Å². The first-order valence-electron chi connectivity index (χ1n) is 11.1. The predicted molar refractivity (Wildman–Crippen MR) is 126 cm³/mol. The Morgan fingerprint density at radius 3 is 2.71 bits per heavy atom. The van der Waals surface area contributed by atoms with Crippen molar-refractivity contribution in [2.75, 3.05) is 54.0 Å². The van der Waals surface area contributed by atoms with Crippen LogP contribution in [0.4, 0.5) is 0 Å². The van der Waals surface area contributed by atoms with Crippen molar-refractivity contribution in [2.24, 2.45) is 10.9 Å². The zero-order chi connectivity index (χ0) is 21.9. The lowest BCUT2D eigenvalue weighted by atomic mass is 10.1. The lowest BCUT2D eigenvalue weighted by Crippen LogP contribution is -2.39. The number of nitrogens with zero attached hydrogens (tertiary/aromatic N) is 3. The number of aliphatic imine (C=N–C) groups is 1. The molecule has 0 bridgehead atoms. The molecule has 0 amide bonds. The van der Waals surface area contributed by atoms with Crippen LogP contribution < -0.4 is 10.1 Å². The van der Waals surface area contributed by atoms with E-state index in [1.54, 1.807) is 0 Å². The summed E-state index contributed by atoms with van der Waals surface area (Å²) in [5.41, 5.74) is 2.41. The van der Waals surface area contributed by atoms with Gasteiger partial charge in [-0.05, 0) is 43.8 Å². The molecule has 2 aromatic carbocycles. The highest BCUT2D eigenvalue weighted by molar-refractivity contribution is 5.80. The highest BCUT2D eigenvalue weighted by atomic mass is 16.5. The maximum absolute atomic E-state index is 5.95. The first-order chi connectivity index (χ1) is 15.1. The van der Waals surface area contributed by atoms with Gasteiger partial charge in [0.15, 0.2) is 5.96 Å². The summed E-state index contributed by atoms with van der Waals surface area (Å²) in [7, 11) is 5.95. The second-order valence-electron chi connectivity index (χ2n) is 8.30. The van der Waals surface area contributed by atoms with Gasteiger partial charge in [-0.2, -0.15) is 0 Å². The van der Waals surface area contributed by atoms with Crippen molar-refractivity contribution in [3.8, 4) is 5.75 Å². The van der Waals surface area contributed by atoms with Gasteiger partial charge in [0.2, 0.25) is 0 Å². The molecule has 1 unspecified atom stereocenters. The highest BCUT2D eigenvalue weighted by Crippen LogP contribution is 2.18. The fourth-order valence-corrected chi connectivity index (χ4v) is 3.68. The third kappa shape index (κ3) is 7.89. The van der Waals surface area contributed by atoms with Gasteiger partial charge in [-0.3, -0.25) is 4.99 Å². The molecule has 0 aliphatic carbocycles. The van der Waals surface area contributed by atoms with Crippen LogP contribution in [-0.2, 0) is 17.9 Å². The predicted octanol–water partition coefficient (Wildman–Crippen LogP) is 3.24. The second kappa shape index (κ2) is 12.3. The first kappa shape index (κ1) is 23.1. The van der Waals surface area contributed by atoms with Gasteiger partial charge in [0, 0.05) is 39.1 Å². The third-order valence-electron chi connectivity index (χ3n) is 5.42. The molecule has 3 rings (SSSR count). The summed E-state index contributed by atoms with van der Waals surface area (Å²) < 4.78 is 11.8. The zero-order valence-corrected chi connectivity index (χ0v) is 19.1. The molecule has 6 heteroatoms. The molecule has 2 aromatic rings. The Bertz CT molecular complexity index is 810. The Morgan fingerprint density at radius 1 is 1.13 bits per heavy atom. The molecule has 1 N–H and O–H groups in total. The number of likely N-dealkylation sites (N-methyl/N-ethyl adjacent to an activating group) is 1. The summed E-state index contributed by atoms with van der Waals surface area (Å²) in [4.78, 5) is 8.94. The monoisotopic (exact) mass is 424 g/mol. The number of nitrogens with one attached hydrogen (secondary N) is 1. The van der Waals surface area contributed by atoms with Gasteiger partial charge in [-0.15, -0.1) is 0 Å². The summed E-state index contributed by atoms with van der Waals surface area (Å²) in [6, 6.07) is 18.6. The molecule has 0 radical (unpaired) electrons. The Kier molecular flexibility index (Phi) is 9.18. The number of guanidine groups is 1. The lowest BCUT2D eigenvalue weighted by molar-refractivity contribution is 0.0906. The van der Waals surface area contributed by atoms with Crippen LogP contribution in [0.1, 0.15) is 17.5 Å². The van der Waals surface area contributed by atoms with E-state index in [4.69, 9.17) is 9.47 Å². The van der Waals surface area contributed by atoms with Gasteiger partial charge in [0.05, 0.1) is 13.2 Å². The Labute approximate surface area is 186 Å². The SMILES string of the molecule is CN=C(NCc1cccc(OCCN(C)C)c1)N1CCC(COCc2ccccc2)C1. The Hall–Kier alpha value is -2.57. The van der Waals surface area contributed by atoms with E-state index in [2.05, 4.69) is 56.5 Å². The minimum absolute atomic E-state index is 0.538. The number of hydrogen-bond acceptors (Lipinski definition) is 4. The molecule has 1 atom stereocenters. The molecule has 1 fully saturated rings. The van der Waals surface area contributed by atoms with Crippen molar-refractivity contribution in [2.45, 2.75) is 19.6 Å². The summed E-state index contributed by atoms with van der Waals surface area (Å²) in [6.45, 7) is 5.76. The van der Waals surface area contributed by atoms with Gasteiger partial charge in [0.1, 0.15) is 12.4 Å². The van der Waals surface area contributed by atoms with Crippen molar-refractivity contribution in [3.05, 3.63) is 65.7 Å². The number of benzene rings is 2. The molecular weight excluding hydrogens is 388 g/mol. The van der Waals surface area contributed by atoms with Crippen molar-refractivity contribution in [1.29, 1.82) is 0 Å². The molecule has 6 nitrogen and oxygen atoms in total. The van der Waals surface area contributed by atoms with E-state index in [9.17, 15) is 0 Å². The standard InChI is InChI=1S/C25H36N4O2/c1-26-25(27-17-22-10-7-11-24(16-22)31-15-14-28(2)3)29-13-12-23(18-29)20-30-19-21-8-5-4-6-9-21/h4-11,16,23H,12-15,17-20H2,1-3H3,(H,26,27). The van der Waals surface area contributed by atoms with E-state index < -0.39 is 0 Å². The van der Waals surface area contributed by atoms with E-state index in [0.29, 0.717) is 19.1 Å². The topological polar surface area (TPSA) is 49.3 Å². The molecule has 1 heterocycles. The van der Waals surface area contributed by atoms with Crippen molar-refractivity contribution < 1.29 is 9.47 Å². The largest absolute Gasteiger partial charge is 0.492 e. The summed E-state index contributed by atoms with van der Waals surface area (Å²) in [6.07, 6.45) is 1.13. The Morgan fingerprint density at radius 2 is 1.94 bits per heavy atom. The Balaban J connectivity index is 1.41. The number of hydrogen-bond donors (Lipinski definition) is 1. The molecule has 168 valence electrons. The molecular formula is C25H36N4O2. The fraction of sp³-hybridized carbons (Fsp3) is 0.480. The van der Waals surface area contributed by atoms with Gasteiger partial charge in [0.25, 0.3) is 0 Å². The van der Waals surface area contributed by atoms with Crippen molar-refractivity contribution in [1.82, 2.24) is 15.1 Å². The normalized spacial score (nSPS) is 16.7. The first-order valence-corrected chi connectivity index (χ1v) is 11.1. The molecule has 0 saturated carbocycles. The zero-order valence-electron chi connectivity index (χ0n) is 19.1. The molecule has 0 spiro atoms. The summed E-state index contributed by atoms with van der Waals surface area (Å²) >= 11 is 0. The van der Waals surface area contributed by atoms with E-state index >= 15 is 0 Å². The number of ether oxygens (including phenoxy) is 2. The second-order valence-corrected chi connectivity index (χ2v) is 8.30. The van der Waals surface area contributed by atoms with Gasteiger partial charge in [-0.1, -0.05) is 42.5 Å². The van der Waals surface area contributed by atoms with Crippen LogP contribution in [0.5, 0.6) is 5.75 Å². The molecule has 1 aliphatic heterocycles. The number of likely N-dealkylation sites (tertiary alicyclic amines) is 1. The molecule has 1 saturated heterocycles. The molecule has 1 aliphatic rings.